The number of pyridine rings is 1. The predicted octanol–water partition coefficient (Wildman–Crippen LogP) is 0.498. The Morgan fingerprint density at radius 3 is 3.06 bits per heavy atom. The van der Waals surface area contributed by atoms with Gasteiger partial charge in [0.1, 0.15) is 6.04 Å². The number of aliphatic hydroxyl groups is 1. The molecular weight excluding hydrogens is 232 g/mol. The molecular formula is C13H18N2O3. The summed E-state index contributed by atoms with van der Waals surface area (Å²) in [6.07, 6.45) is -0.0442. The van der Waals surface area contributed by atoms with Crippen LogP contribution in [0.15, 0.2) is 18.2 Å². The van der Waals surface area contributed by atoms with Crippen LogP contribution in [0, 0.1) is 6.92 Å². The van der Waals surface area contributed by atoms with E-state index in [1.807, 2.05) is 30.0 Å². The standard InChI is InChI=1S/C13H18N2O3/c1-9-4-3-5-10(14-9)7-15-8-11(16)6-12(15)13(17)18-2/h3-5,11-12,16H,6-8H2,1-2H3. The molecule has 1 aromatic heterocycles. The van der Waals surface area contributed by atoms with E-state index >= 15 is 0 Å². The van der Waals surface area contributed by atoms with Crippen molar-refractivity contribution in [3.05, 3.63) is 29.6 Å². The van der Waals surface area contributed by atoms with E-state index in [9.17, 15) is 9.90 Å². The molecule has 18 heavy (non-hydrogen) atoms. The summed E-state index contributed by atoms with van der Waals surface area (Å²) in [5.41, 5.74) is 1.85. The second kappa shape index (κ2) is 5.46. The molecule has 2 unspecified atom stereocenters. The molecule has 1 aliphatic rings. The third kappa shape index (κ3) is 2.86. The molecule has 1 N–H and O–H groups in total. The van der Waals surface area contributed by atoms with Crippen molar-refractivity contribution in [2.45, 2.75) is 32.0 Å². The number of likely N-dealkylation sites (tertiary alicyclic amines) is 1. The average Bonchev–Trinajstić information content (AvgIpc) is 2.69. The molecule has 98 valence electrons. The maximum atomic E-state index is 11.6. The van der Waals surface area contributed by atoms with Gasteiger partial charge in [0.05, 0.1) is 18.9 Å². The molecule has 0 radical (unpaired) electrons. The Morgan fingerprint density at radius 1 is 1.61 bits per heavy atom. The van der Waals surface area contributed by atoms with E-state index in [0.29, 0.717) is 19.5 Å². The third-order valence-electron chi connectivity index (χ3n) is 3.17. The van der Waals surface area contributed by atoms with Gasteiger partial charge in [0.25, 0.3) is 0 Å². The van der Waals surface area contributed by atoms with Crippen molar-refractivity contribution in [2.75, 3.05) is 13.7 Å². The highest BCUT2D eigenvalue weighted by atomic mass is 16.5. The zero-order chi connectivity index (χ0) is 13.1. The van der Waals surface area contributed by atoms with E-state index in [1.165, 1.54) is 7.11 Å². The van der Waals surface area contributed by atoms with Crippen LogP contribution in [0.4, 0.5) is 0 Å². The maximum absolute atomic E-state index is 11.6. The number of ether oxygens (including phenoxy) is 1. The molecule has 5 heteroatoms. The highest BCUT2D eigenvalue weighted by Gasteiger charge is 2.36. The zero-order valence-electron chi connectivity index (χ0n) is 10.7. The Bertz CT molecular complexity index is 436. The van der Waals surface area contributed by atoms with Crippen molar-refractivity contribution in [1.29, 1.82) is 0 Å². The lowest BCUT2D eigenvalue weighted by Crippen LogP contribution is -2.36. The summed E-state index contributed by atoms with van der Waals surface area (Å²) in [7, 11) is 1.37. The lowest BCUT2D eigenvalue weighted by molar-refractivity contribution is -0.146. The van der Waals surface area contributed by atoms with Gasteiger partial charge in [-0.1, -0.05) is 6.07 Å². The molecule has 1 saturated heterocycles. The average molecular weight is 250 g/mol. The number of carbonyl (C=O) groups is 1. The molecule has 0 bridgehead atoms. The van der Waals surface area contributed by atoms with Crippen molar-refractivity contribution < 1.29 is 14.6 Å². The van der Waals surface area contributed by atoms with Crippen LogP contribution in [0.5, 0.6) is 0 Å². The van der Waals surface area contributed by atoms with E-state index in [0.717, 1.165) is 11.4 Å². The first-order chi connectivity index (χ1) is 8.60. The molecule has 0 aliphatic carbocycles. The van der Waals surface area contributed by atoms with Gasteiger partial charge in [0, 0.05) is 25.2 Å². The first-order valence-electron chi connectivity index (χ1n) is 6.02. The van der Waals surface area contributed by atoms with Crippen molar-refractivity contribution in [3.8, 4) is 0 Å². The summed E-state index contributed by atoms with van der Waals surface area (Å²) >= 11 is 0. The summed E-state index contributed by atoms with van der Waals surface area (Å²) in [5.74, 6) is -0.292. The minimum Gasteiger partial charge on any atom is -0.468 e. The van der Waals surface area contributed by atoms with Crippen LogP contribution in [0.3, 0.4) is 0 Å². The highest BCUT2D eigenvalue weighted by molar-refractivity contribution is 5.76. The van der Waals surface area contributed by atoms with Crippen molar-refractivity contribution in [3.63, 3.8) is 0 Å². The van der Waals surface area contributed by atoms with Gasteiger partial charge in [-0.15, -0.1) is 0 Å². The fourth-order valence-electron chi connectivity index (χ4n) is 2.33. The number of aliphatic hydroxyl groups excluding tert-OH is 1. The van der Waals surface area contributed by atoms with Gasteiger partial charge in [0.2, 0.25) is 0 Å². The Morgan fingerprint density at radius 2 is 2.39 bits per heavy atom. The summed E-state index contributed by atoms with van der Waals surface area (Å²) < 4.78 is 4.76. The lowest BCUT2D eigenvalue weighted by atomic mass is 10.2. The second-order valence-corrected chi connectivity index (χ2v) is 4.63. The third-order valence-corrected chi connectivity index (χ3v) is 3.17. The second-order valence-electron chi connectivity index (χ2n) is 4.63. The number of aryl methyl sites for hydroxylation is 1. The molecule has 2 atom stereocenters. The molecule has 2 rings (SSSR count). The van der Waals surface area contributed by atoms with Crippen molar-refractivity contribution >= 4 is 5.97 Å². The number of methoxy groups -OCH3 is 1. The van der Waals surface area contributed by atoms with E-state index in [4.69, 9.17) is 4.74 Å². The Balaban J connectivity index is 2.09. The van der Waals surface area contributed by atoms with Gasteiger partial charge >= 0.3 is 5.97 Å². The van der Waals surface area contributed by atoms with Gasteiger partial charge in [-0.25, -0.2) is 0 Å². The molecule has 0 saturated carbocycles. The molecule has 2 heterocycles. The molecule has 0 aromatic carbocycles. The van der Waals surface area contributed by atoms with Crippen LogP contribution in [0.1, 0.15) is 17.8 Å². The number of esters is 1. The Kier molecular flexibility index (Phi) is 3.93. The van der Waals surface area contributed by atoms with Crippen LogP contribution in [-0.4, -0.2) is 46.8 Å². The van der Waals surface area contributed by atoms with Crippen LogP contribution >= 0.6 is 0 Å². The number of carbonyl (C=O) groups excluding carboxylic acids is 1. The lowest BCUT2D eigenvalue weighted by Gasteiger charge is -2.21. The summed E-state index contributed by atoms with van der Waals surface area (Å²) in [6.45, 7) is 2.97. The van der Waals surface area contributed by atoms with Gasteiger partial charge in [-0.05, 0) is 19.1 Å². The quantitative estimate of drug-likeness (QED) is 0.791. The van der Waals surface area contributed by atoms with E-state index < -0.39 is 6.10 Å². The van der Waals surface area contributed by atoms with Gasteiger partial charge in [-0.2, -0.15) is 0 Å². The summed E-state index contributed by atoms with van der Waals surface area (Å²) in [6, 6.07) is 5.43. The fourth-order valence-corrected chi connectivity index (χ4v) is 2.33. The van der Waals surface area contributed by atoms with E-state index in [2.05, 4.69) is 4.98 Å². The molecule has 1 fully saturated rings. The topological polar surface area (TPSA) is 62.7 Å². The van der Waals surface area contributed by atoms with Crippen molar-refractivity contribution in [1.82, 2.24) is 9.88 Å². The number of rotatable bonds is 3. The SMILES string of the molecule is COC(=O)C1CC(O)CN1Cc1cccc(C)n1. The monoisotopic (exact) mass is 250 g/mol. The van der Waals surface area contributed by atoms with Gasteiger partial charge in [-0.3, -0.25) is 14.7 Å². The number of β-amino-alcohol motifs (C(OH)–C–C–N with tert-alkyl or cyclic N) is 1. The van der Waals surface area contributed by atoms with Gasteiger partial charge in [0.15, 0.2) is 0 Å². The summed E-state index contributed by atoms with van der Waals surface area (Å²) in [4.78, 5) is 18.0. The molecule has 0 spiro atoms. The number of hydrogen-bond donors (Lipinski definition) is 1. The predicted molar refractivity (Wildman–Crippen MR) is 65.8 cm³/mol. The van der Waals surface area contributed by atoms with E-state index in [-0.39, 0.29) is 12.0 Å². The maximum Gasteiger partial charge on any atom is 0.323 e. The Labute approximate surface area is 106 Å². The number of nitrogens with zero attached hydrogens (tertiary/aromatic N) is 2. The molecule has 1 aromatic rings. The number of hydrogen-bond acceptors (Lipinski definition) is 5. The molecule has 0 amide bonds. The van der Waals surface area contributed by atoms with Crippen LogP contribution in [-0.2, 0) is 16.1 Å². The molecule has 5 nitrogen and oxygen atoms in total. The fraction of sp³-hybridized carbons (Fsp3) is 0.538. The minimum absolute atomic E-state index is 0.292. The summed E-state index contributed by atoms with van der Waals surface area (Å²) in [5, 5.41) is 9.68. The van der Waals surface area contributed by atoms with Crippen molar-refractivity contribution in [2.24, 2.45) is 0 Å². The first kappa shape index (κ1) is 13.0. The smallest absolute Gasteiger partial charge is 0.323 e. The normalized spacial score (nSPS) is 24.2. The van der Waals surface area contributed by atoms with Crippen LogP contribution in [0.2, 0.25) is 0 Å². The highest BCUT2D eigenvalue weighted by Crippen LogP contribution is 2.21. The zero-order valence-corrected chi connectivity index (χ0v) is 10.7. The Hall–Kier alpha value is -1.46. The largest absolute Gasteiger partial charge is 0.468 e. The molecule has 1 aliphatic heterocycles. The number of aromatic nitrogens is 1. The van der Waals surface area contributed by atoms with Crippen LogP contribution in [0.25, 0.3) is 0 Å². The first-order valence-corrected chi connectivity index (χ1v) is 6.02. The van der Waals surface area contributed by atoms with Crippen LogP contribution < -0.4 is 0 Å². The van der Waals surface area contributed by atoms with Gasteiger partial charge < -0.3 is 9.84 Å². The van der Waals surface area contributed by atoms with E-state index in [1.54, 1.807) is 0 Å². The minimum atomic E-state index is -0.473.